The van der Waals surface area contributed by atoms with Crippen molar-refractivity contribution >= 4 is 46.9 Å². The lowest BCUT2D eigenvalue weighted by Crippen LogP contribution is -2.47. The molecule has 1 aromatic rings. The molecule has 10 heteroatoms. The second-order valence-electron chi connectivity index (χ2n) is 4.69. The number of ether oxygens (including phenoxy) is 1. The summed E-state index contributed by atoms with van der Waals surface area (Å²) in [6, 6.07) is 1.61. The molecule has 0 fully saturated rings. The average molecular weight is 365 g/mol. The van der Waals surface area contributed by atoms with E-state index in [9.17, 15) is 19.5 Å². The number of esters is 1. The van der Waals surface area contributed by atoms with Crippen molar-refractivity contribution in [2.24, 2.45) is 0 Å². The van der Waals surface area contributed by atoms with Gasteiger partial charge in [0.1, 0.15) is 0 Å². The highest BCUT2D eigenvalue weighted by atomic mass is 35.5. The number of carboxylic acids is 1. The zero-order valence-electron chi connectivity index (χ0n) is 12.1. The van der Waals surface area contributed by atoms with E-state index in [1.54, 1.807) is 0 Å². The zero-order valence-corrected chi connectivity index (χ0v) is 13.7. The Morgan fingerprint density at radius 3 is 2.35 bits per heavy atom. The molecule has 1 atom stereocenters. The Balaban J connectivity index is 2.91. The van der Waals surface area contributed by atoms with E-state index in [-0.39, 0.29) is 21.3 Å². The number of anilines is 1. The van der Waals surface area contributed by atoms with Crippen LogP contribution in [0, 0.1) is 0 Å². The number of amides is 2. The summed E-state index contributed by atoms with van der Waals surface area (Å²) in [5.74, 6) is -2.25. The number of aliphatic carboxylic acids is 1. The van der Waals surface area contributed by atoms with Crippen LogP contribution < -0.4 is 10.6 Å². The molecule has 8 nitrogen and oxygen atoms in total. The van der Waals surface area contributed by atoms with Gasteiger partial charge in [-0.15, -0.1) is 0 Å². The number of nitrogens with one attached hydrogen (secondary N) is 2. The number of carbonyl (C=O) groups excluding carboxylic acids is 2. The van der Waals surface area contributed by atoms with Gasteiger partial charge in [0.2, 0.25) is 0 Å². The average Bonchev–Trinajstić information content (AvgIpc) is 2.47. The van der Waals surface area contributed by atoms with Gasteiger partial charge in [0.15, 0.2) is 5.60 Å². The molecule has 0 aliphatic carbocycles. The maximum Gasteiger partial charge on any atom is 0.340 e. The van der Waals surface area contributed by atoms with Crippen LogP contribution in [0.25, 0.3) is 0 Å². The Morgan fingerprint density at radius 1 is 1.26 bits per heavy atom. The van der Waals surface area contributed by atoms with Gasteiger partial charge in [-0.1, -0.05) is 23.2 Å². The molecular formula is C13H14Cl2N2O6. The van der Waals surface area contributed by atoms with Crippen molar-refractivity contribution in [1.82, 2.24) is 5.32 Å². The minimum absolute atomic E-state index is 0.0127. The van der Waals surface area contributed by atoms with Crippen LogP contribution in [0.4, 0.5) is 10.5 Å². The molecule has 4 N–H and O–H groups in total. The van der Waals surface area contributed by atoms with Crippen molar-refractivity contribution < 1.29 is 29.3 Å². The van der Waals surface area contributed by atoms with E-state index in [4.69, 9.17) is 28.3 Å². The maximum absolute atomic E-state index is 11.8. The molecule has 0 bridgehead atoms. The van der Waals surface area contributed by atoms with Crippen molar-refractivity contribution in [2.45, 2.75) is 12.5 Å². The van der Waals surface area contributed by atoms with Crippen LogP contribution >= 0.6 is 23.2 Å². The van der Waals surface area contributed by atoms with Gasteiger partial charge in [0, 0.05) is 0 Å². The van der Waals surface area contributed by atoms with Gasteiger partial charge < -0.3 is 25.6 Å². The fourth-order valence-electron chi connectivity index (χ4n) is 1.42. The van der Waals surface area contributed by atoms with E-state index in [1.807, 2.05) is 0 Å². The minimum atomic E-state index is -2.14. The molecule has 0 aliphatic rings. The third-order valence-corrected chi connectivity index (χ3v) is 3.49. The number of hydrogen-bond donors (Lipinski definition) is 4. The van der Waals surface area contributed by atoms with Crippen molar-refractivity contribution in [1.29, 1.82) is 0 Å². The predicted molar refractivity (Wildman–Crippen MR) is 83.1 cm³/mol. The van der Waals surface area contributed by atoms with E-state index in [0.717, 1.165) is 14.0 Å². The van der Waals surface area contributed by atoms with Crippen molar-refractivity contribution in [3.8, 4) is 0 Å². The lowest BCUT2D eigenvalue weighted by molar-refractivity contribution is -0.155. The molecule has 0 saturated heterocycles. The Morgan fingerprint density at radius 2 is 1.83 bits per heavy atom. The molecule has 0 radical (unpaired) electrons. The molecule has 23 heavy (non-hydrogen) atoms. The normalized spacial score (nSPS) is 12.9. The van der Waals surface area contributed by atoms with Crippen molar-refractivity contribution in [3.63, 3.8) is 0 Å². The molecule has 0 spiro atoms. The molecule has 0 aromatic heterocycles. The number of rotatable bonds is 5. The lowest BCUT2D eigenvalue weighted by atomic mass is 10.1. The summed E-state index contributed by atoms with van der Waals surface area (Å²) in [5.41, 5.74) is -2.17. The highest BCUT2D eigenvalue weighted by molar-refractivity contribution is 6.42. The summed E-state index contributed by atoms with van der Waals surface area (Å²) in [6.07, 6.45) is 0. The van der Waals surface area contributed by atoms with Crippen molar-refractivity contribution in [3.05, 3.63) is 27.7 Å². The van der Waals surface area contributed by atoms with Gasteiger partial charge in [-0.05, 0) is 19.1 Å². The van der Waals surface area contributed by atoms with Gasteiger partial charge in [-0.25, -0.2) is 14.4 Å². The first kappa shape index (κ1) is 19.0. The van der Waals surface area contributed by atoms with E-state index in [0.29, 0.717) is 0 Å². The Bertz CT molecular complexity index is 648. The quantitative estimate of drug-likeness (QED) is 0.589. The van der Waals surface area contributed by atoms with Crippen LogP contribution in [-0.2, 0) is 9.53 Å². The summed E-state index contributed by atoms with van der Waals surface area (Å²) in [4.78, 5) is 34.2. The third-order valence-electron chi connectivity index (χ3n) is 2.77. The standard InChI is InChI=1S/C13H14Cl2N2O6/c1-13(22,11(19)20)5-16-12(21)17-9-4-8(15)7(14)3-6(9)10(18)23-2/h3-4,22H,5H2,1-2H3,(H,19,20)(H2,16,17,21). The Hall–Kier alpha value is -2.03. The van der Waals surface area contributed by atoms with E-state index in [2.05, 4.69) is 15.4 Å². The second kappa shape index (κ2) is 7.49. The first-order valence-corrected chi connectivity index (χ1v) is 6.92. The minimum Gasteiger partial charge on any atom is -0.479 e. The summed E-state index contributed by atoms with van der Waals surface area (Å²) in [5, 5.41) is 22.9. The molecule has 1 rings (SSSR count). The van der Waals surface area contributed by atoms with E-state index < -0.39 is 30.1 Å². The van der Waals surface area contributed by atoms with Gasteiger partial charge in [0.25, 0.3) is 0 Å². The molecule has 1 aromatic carbocycles. The monoisotopic (exact) mass is 364 g/mol. The largest absolute Gasteiger partial charge is 0.479 e. The topological polar surface area (TPSA) is 125 Å². The highest BCUT2D eigenvalue weighted by Gasteiger charge is 2.30. The van der Waals surface area contributed by atoms with E-state index >= 15 is 0 Å². The number of halogens is 2. The summed E-state index contributed by atoms with van der Waals surface area (Å²) in [6.45, 7) is 0.470. The number of hydrogen-bond acceptors (Lipinski definition) is 5. The summed E-state index contributed by atoms with van der Waals surface area (Å²) in [7, 11) is 1.15. The smallest absolute Gasteiger partial charge is 0.340 e. The lowest BCUT2D eigenvalue weighted by Gasteiger charge is -2.19. The highest BCUT2D eigenvalue weighted by Crippen LogP contribution is 2.29. The van der Waals surface area contributed by atoms with Crippen LogP contribution in [0.1, 0.15) is 17.3 Å². The summed E-state index contributed by atoms with van der Waals surface area (Å²) >= 11 is 11.6. The van der Waals surface area contributed by atoms with E-state index in [1.165, 1.54) is 12.1 Å². The number of methoxy groups -OCH3 is 1. The first-order chi connectivity index (χ1) is 10.6. The third kappa shape index (κ3) is 4.98. The van der Waals surface area contributed by atoms with Crippen LogP contribution in [0.3, 0.4) is 0 Å². The molecular weight excluding hydrogens is 351 g/mol. The Kier molecular flexibility index (Phi) is 6.20. The Labute approximate surface area is 141 Å². The van der Waals surface area contributed by atoms with Crippen molar-refractivity contribution in [2.75, 3.05) is 19.0 Å². The predicted octanol–water partition coefficient (Wildman–Crippen LogP) is 1.74. The van der Waals surface area contributed by atoms with Crippen LogP contribution in [-0.4, -0.2) is 47.4 Å². The van der Waals surface area contributed by atoms with Gasteiger partial charge >= 0.3 is 18.0 Å². The van der Waals surface area contributed by atoms with Gasteiger partial charge in [-0.2, -0.15) is 0 Å². The van der Waals surface area contributed by atoms with Crippen LogP contribution in [0.15, 0.2) is 12.1 Å². The van der Waals surface area contributed by atoms with Gasteiger partial charge in [-0.3, -0.25) is 0 Å². The van der Waals surface area contributed by atoms with Gasteiger partial charge in [0.05, 0.1) is 35.0 Å². The molecule has 0 aliphatic heterocycles. The molecule has 0 heterocycles. The summed E-state index contributed by atoms with van der Waals surface area (Å²) < 4.78 is 4.57. The molecule has 126 valence electrons. The number of urea groups is 1. The number of carbonyl (C=O) groups is 3. The number of aliphatic hydroxyl groups is 1. The first-order valence-electron chi connectivity index (χ1n) is 6.16. The SMILES string of the molecule is COC(=O)c1cc(Cl)c(Cl)cc1NC(=O)NCC(C)(O)C(=O)O. The molecule has 0 saturated carbocycles. The molecule has 2 amide bonds. The molecule has 1 unspecified atom stereocenters. The second-order valence-corrected chi connectivity index (χ2v) is 5.50. The van der Waals surface area contributed by atoms with Crippen LogP contribution in [0.2, 0.25) is 10.0 Å². The fraction of sp³-hybridized carbons (Fsp3) is 0.308. The zero-order chi connectivity index (χ0) is 17.8. The van der Waals surface area contributed by atoms with Crippen LogP contribution in [0.5, 0.6) is 0 Å². The number of benzene rings is 1. The number of carboxylic acid groups (broad SMARTS) is 1. The maximum atomic E-state index is 11.8. The fourth-order valence-corrected chi connectivity index (χ4v) is 1.75.